The Labute approximate surface area is 175 Å². The Balaban J connectivity index is 1.52. The summed E-state index contributed by atoms with van der Waals surface area (Å²) in [5.74, 6) is 0.833. The lowest BCUT2D eigenvalue weighted by molar-refractivity contribution is 0.103. The SMILES string of the molecule is CCCCc1ccc(NC(=O)c2ccc(-c3nc4ccccc4n3CC)s2)cc1. The Morgan fingerprint density at radius 1 is 1.03 bits per heavy atom. The van der Waals surface area contributed by atoms with Crippen molar-refractivity contribution in [2.24, 2.45) is 0 Å². The number of aromatic nitrogens is 2. The molecular weight excluding hydrogens is 378 g/mol. The molecule has 1 N–H and O–H groups in total. The van der Waals surface area contributed by atoms with Crippen molar-refractivity contribution in [3.05, 3.63) is 71.1 Å². The molecule has 4 nitrogen and oxygen atoms in total. The first-order chi connectivity index (χ1) is 14.2. The Hall–Kier alpha value is -2.92. The van der Waals surface area contributed by atoms with E-state index in [4.69, 9.17) is 4.98 Å². The number of carbonyl (C=O) groups excluding carboxylic acids is 1. The van der Waals surface area contributed by atoms with Gasteiger partial charge in [0.1, 0.15) is 0 Å². The lowest BCUT2D eigenvalue weighted by atomic mass is 10.1. The second-order valence-electron chi connectivity index (χ2n) is 7.09. The van der Waals surface area contributed by atoms with E-state index < -0.39 is 0 Å². The van der Waals surface area contributed by atoms with Gasteiger partial charge in [-0.1, -0.05) is 37.6 Å². The predicted octanol–water partition coefficient (Wildman–Crippen LogP) is 6.38. The van der Waals surface area contributed by atoms with Gasteiger partial charge in [0, 0.05) is 12.2 Å². The molecule has 0 spiro atoms. The van der Waals surface area contributed by atoms with E-state index in [-0.39, 0.29) is 5.91 Å². The highest BCUT2D eigenvalue weighted by molar-refractivity contribution is 7.17. The number of rotatable bonds is 7. The van der Waals surface area contributed by atoms with Crippen LogP contribution in [0.25, 0.3) is 21.7 Å². The van der Waals surface area contributed by atoms with E-state index >= 15 is 0 Å². The minimum atomic E-state index is -0.0817. The van der Waals surface area contributed by atoms with Crippen molar-refractivity contribution in [2.45, 2.75) is 39.7 Å². The van der Waals surface area contributed by atoms with Gasteiger partial charge in [-0.2, -0.15) is 0 Å². The van der Waals surface area contributed by atoms with Gasteiger partial charge < -0.3 is 9.88 Å². The first-order valence-corrected chi connectivity index (χ1v) is 11.0. The van der Waals surface area contributed by atoms with Crippen LogP contribution in [0.15, 0.2) is 60.7 Å². The van der Waals surface area contributed by atoms with Gasteiger partial charge in [-0.25, -0.2) is 4.98 Å². The van der Waals surface area contributed by atoms with Crippen LogP contribution in [-0.4, -0.2) is 15.5 Å². The van der Waals surface area contributed by atoms with Crippen LogP contribution in [0.5, 0.6) is 0 Å². The van der Waals surface area contributed by atoms with Crippen molar-refractivity contribution in [1.29, 1.82) is 0 Å². The highest BCUT2D eigenvalue weighted by atomic mass is 32.1. The van der Waals surface area contributed by atoms with Crippen molar-refractivity contribution in [1.82, 2.24) is 9.55 Å². The van der Waals surface area contributed by atoms with Crippen LogP contribution in [0.1, 0.15) is 41.9 Å². The number of carbonyl (C=O) groups is 1. The molecule has 0 aliphatic carbocycles. The summed E-state index contributed by atoms with van der Waals surface area (Å²) >= 11 is 1.48. The average Bonchev–Trinajstić information content (AvgIpc) is 3.37. The molecule has 0 atom stereocenters. The van der Waals surface area contributed by atoms with Gasteiger partial charge in [0.25, 0.3) is 5.91 Å². The van der Waals surface area contributed by atoms with Crippen LogP contribution >= 0.6 is 11.3 Å². The van der Waals surface area contributed by atoms with Crippen LogP contribution in [0.2, 0.25) is 0 Å². The molecule has 0 radical (unpaired) electrons. The number of aryl methyl sites for hydroxylation is 2. The lowest BCUT2D eigenvalue weighted by Gasteiger charge is -2.06. The van der Waals surface area contributed by atoms with E-state index in [1.807, 2.05) is 42.5 Å². The zero-order valence-electron chi connectivity index (χ0n) is 16.8. The van der Waals surface area contributed by atoms with Gasteiger partial charge in [0.2, 0.25) is 0 Å². The minimum Gasteiger partial charge on any atom is -0.324 e. The molecule has 0 aliphatic heterocycles. The summed E-state index contributed by atoms with van der Waals surface area (Å²) in [7, 11) is 0. The lowest BCUT2D eigenvalue weighted by Crippen LogP contribution is -2.09. The van der Waals surface area contributed by atoms with Crippen molar-refractivity contribution in [3.63, 3.8) is 0 Å². The van der Waals surface area contributed by atoms with E-state index in [9.17, 15) is 4.79 Å². The van der Waals surface area contributed by atoms with Crippen LogP contribution in [0, 0.1) is 0 Å². The molecule has 2 aromatic heterocycles. The molecule has 5 heteroatoms. The number of imidazole rings is 1. The van der Waals surface area contributed by atoms with Crippen molar-refractivity contribution < 1.29 is 4.79 Å². The molecule has 29 heavy (non-hydrogen) atoms. The van der Waals surface area contributed by atoms with E-state index in [0.29, 0.717) is 4.88 Å². The number of thiophene rings is 1. The molecule has 2 aromatic carbocycles. The largest absolute Gasteiger partial charge is 0.324 e. The third-order valence-electron chi connectivity index (χ3n) is 5.05. The molecule has 0 fully saturated rings. The quantitative estimate of drug-likeness (QED) is 0.389. The maximum absolute atomic E-state index is 12.7. The number of para-hydroxylation sites is 2. The van der Waals surface area contributed by atoms with Gasteiger partial charge in [0.15, 0.2) is 5.82 Å². The zero-order chi connectivity index (χ0) is 20.2. The molecule has 148 valence electrons. The second-order valence-corrected chi connectivity index (χ2v) is 8.17. The minimum absolute atomic E-state index is 0.0817. The molecule has 1 amide bonds. The fourth-order valence-corrected chi connectivity index (χ4v) is 4.39. The topological polar surface area (TPSA) is 46.9 Å². The Morgan fingerprint density at radius 3 is 2.59 bits per heavy atom. The number of amides is 1. The van der Waals surface area contributed by atoms with Crippen LogP contribution in [-0.2, 0) is 13.0 Å². The summed E-state index contributed by atoms with van der Waals surface area (Å²) < 4.78 is 2.19. The van der Waals surface area contributed by atoms with Gasteiger partial charge in [-0.15, -0.1) is 11.3 Å². The first-order valence-electron chi connectivity index (χ1n) is 10.2. The van der Waals surface area contributed by atoms with E-state index in [1.165, 1.54) is 29.7 Å². The number of nitrogens with one attached hydrogen (secondary N) is 1. The fourth-order valence-electron chi connectivity index (χ4n) is 3.49. The number of benzene rings is 2. The van der Waals surface area contributed by atoms with Crippen LogP contribution < -0.4 is 5.32 Å². The highest BCUT2D eigenvalue weighted by Crippen LogP contribution is 2.31. The maximum atomic E-state index is 12.7. The fraction of sp³-hybridized carbons (Fsp3) is 0.250. The Kier molecular flexibility index (Phi) is 5.76. The number of hydrogen-bond acceptors (Lipinski definition) is 3. The van der Waals surface area contributed by atoms with Crippen molar-refractivity contribution >= 4 is 34.0 Å². The third-order valence-corrected chi connectivity index (χ3v) is 6.13. The summed E-state index contributed by atoms with van der Waals surface area (Å²) in [6.07, 6.45) is 3.45. The van der Waals surface area contributed by atoms with Crippen LogP contribution in [0.3, 0.4) is 0 Å². The molecule has 2 heterocycles. The summed E-state index contributed by atoms with van der Waals surface area (Å²) in [5, 5.41) is 3.01. The number of fused-ring (bicyclic) bond motifs is 1. The number of nitrogens with zero attached hydrogens (tertiary/aromatic N) is 2. The second kappa shape index (κ2) is 8.62. The van der Waals surface area contributed by atoms with E-state index in [1.54, 1.807) is 0 Å². The van der Waals surface area contributed by atoms with Gasteiger partial charge >= 0.3 is 0 Å². The third kappa shape index (κ3) is 4.10. The van der Waals surface area contributed by atoms with Crippen molar-refractivity contribution in [2.75, 3.05) is 5.32 Å². The Bertz CT molecular complexity index is 1120. The van der Waals surface area contributed by atoms with E-state index in [0.717, 1.165) is 40.4 Å². The molecule has 0 bridgehead atoms. The predicted molar refractivity (Wildman–Crippen MR) is 122 cm³/mol. The molecular formula is C24H25N3OS. The molecule has 0 aliphatic rings. The molecule has 0 unspecified atom stereocenters. The summed E-state index contributed by atoms with van der Waals surface area (Å²) in [5.41, 5.74) is 4.23. The molecule has 0 saturated heterocycles. The Morgan fingerprint density at radius 2 is 1.83 bits per heavy atom. The van der Waals surface area contributed by atoms with Crippen molar-refractivity contribution in [3.8, 4) is 10.7 Å². The van der Waals surface area contributed by atoms with Gasteiger partial charge in [-0.3, -0.25) is 4.79 Å². The summed E-state index contributed by atoms with van der Waals surface area (Å²) in [6, 6.07) is 20.1. The zero-order valence-corrected chi connectivity index (χ0v) is 17.6. The number of anilines is 1. The van der Waals surface area contributed by atoms with Gasteiger partial charge in [-0.05, 0) is 61.7 Å². The molecule has 0 saturated carbocycles. The smallest absolute Gasteiger partial charge is 0.265 e. The number of unbranched alkanes of at least 4 members (excludes halogenated alkanes) is 1. The van der Waals surface area contributed by atoms with Gasteiger partial charge in [0.05, 0.1) is 20.8 Å². The monoisotopic (exact) mass is 403 g/mol. The normalized spacial score (nSPS) is 11.1. The first kappa shape index (κ1) is 19.4. The van der Waals surface area contributed by atoms with E-state index in [2.05, 4.69) is 41.9 Å². The molecule has 4 rings (SSSR count). The summed E-state index contributed by atoms with van der Waals surface area (Å²) in [4.78, 5) is 19.2. The molecule has 4 aromatic rings. The maximum Gasteiger partial charge on any atom is 0.265 e. The average molecular weight is 404 g/mol. The van der Waals surface area contributed by atoms with Crippen LogP contribution in [0.4, 0.5) is 5.69 Å². The number of hydrogen-bond donors (Lipinski definition) is 1. The summed E-state index contributed by atoms with van der Waals surface area (Å²) in [6.45, 7) is 5.14. The standard InChI is InChI=1S/C24H25N3OS/c1-3-5-8-17-11-13-18(14-12-17)25-24(28)22-16-15-21(29-22)23-26-19-9-6-7-10-20(19)27(23)4-2/h6-7,9-16H,3-5,8H2,1-2H3,(H,25,28). The highest BCUT2D eigenvalue weighted by Gasteiger charge is 2.16.